The van der Waals surface area contributed by atoms with E-state index in [4.69, 9.17) is 18.0 Å². The molecule has 0 N–H and O–H groups in total. The molecule has 102 valence electrons. The Balaban J connectivity index is 4.34. The Morgan fingerprint density at radius 3 is 2.00 bits per heavy atom. The van der Waals surface area contributed by atoms with Crippen molar-refractivity contribution in [2.24, 2.45) is 5.92 Å². The van der Waals surface area contributed by atoms with Crippen molar-refractivity contribution in [3.8, 4) is 0 Å². The van der Waals surface area contributed by atoms with Gasteiger partial charge in [0.15, 0.2) is 0 Å². The number of ether oxygens (including phenoxy) is 1. The first kappa shape index (κ1) is 16.6. The highest BCUT2D eigenvalue weighted by molar-refractivity contribution is 6.60. The third kappa shape index (κ3) is 5.16. The molecule has 5 nitrogen and oxygen atoms in total. The van der Waals surface area contributed by atoms with Crippen molar-refractivity contribution in [2.75, 3.05) is 27.9 Å². The van der Waals surface area contributed by atoms with Crippen LogP contribution >= 0.6 is 0 Å². The molecule has 1 unspecified atom stereocenters. The maximum Gasteiger partial charge on any atom is 0.500 e. The highest BCUT2D eigenvalue weighted by Gasteiger charge is 2.38. The van der Waals surface area contributed by atoms with Gasteiger partial charge in [0.2, 0.25) is 0 Å². The second-order valence-corrected chi connectivity index (χ2v) is 6.78. The van der Waals surface area contributed by atoms with Crippen molar-refractivity contribution in [2.45, 2.75) is 32.7 Å². The molecule has 0 heterocycles. The van der Waals surface area contributed by atoms with Gasteiger partial charge in [-0.25, -0.2) is 0 Å². The lowest BCUT2D eigenvalue weighted by Gasteiger charge is -2.25. The zero-order chi connectivity index (χ0) is 13.3. The molecule has 0 aromatic rings. The molecule has 0 aliphatic rings. The van der Waals surface area contributed by atoms with E-state index in [1.165, 1.54) is 0 Å². The molecule has 0 saturated carbocycles. The van der Waals surface area contributed by atoms with Crippen LogP contribution in [0, 0.1) is 5.92 Å². The van der Waals surface area contributed by atoms with Gasteiger partial charge in [0.25, 0.3) is 0 Å². The molecule has 0 saturated heterocycles. The van der Waals surface area contributed by atoms with E-state index in [1.54, 1.807) is 21.3 Å². The molecule has 0 aromatic heterocycles. The zero-order valence-electron chi connectivity index (χ0n) is 11.4. The minimum atomic E-state index is -2.57. The van der Waals surface area contributed by atoms with Crippen LogP contribution in [0.5, 0.6) is 0 Å². The second-order valence-electron chi connectivity index (χ2n) is 3.69. The summed E-state index contributed by atoms with van der Waals surface area (Å²) >= 11 is 0. The SMILES string of the molecule is CCOC(=O)C(CC)CC[Si](OC)(OC)OC. The highest BCUT2D eigenvalue weighted by atomic mass is 28.4. The molecular weight excluding hydrogens is 240 g/mol. The van der Waals surface area contributed by atoms with Gasteiger partial charge in [-0.15, -0.1) is 0 Å². The molecule has 17 heavy (non-hydrogen) atoms. The third-order valence-corrected chi connectivity index (χ3v) is 5.61. The Labute approximate surface area is 105 Å². The Bertz CT molecular complexity index is 210. The van der Waals surface area contributed by atoms with Crippen molar-refractivity contribution in [3.05, 3.63) is 0 Å². The molecule has 0 aliphatic carbocycles. The van der Waals surface area contributed by atoms with E-state index >= 15 is 0 Å². The third-order valence-electron chi connectivity index (χ3n) is 2.84. The van der Waals surface area contributed by atoms with E-state index in [-0.39, 0.29) is 11.9 Å². The van der Waals surface area contributed by atoms with Gasteiger partial charge in [-0.05, 0) is 19.8 Å². The number of carbonyl (C=O) groups is 1. The summed E-state index contributed by atoms with van der Waals surface area (Å²) < 4.78 is 21.0. The van der Waals surface area contributed by atoms with E-state index in [0.717, 1.165) is 6.42 Å². The van der Waals surface area contributed by atoms with Gasteiger partial charge in [-0.3, -0.25) is 4.79 Å². The van der Waals surface area contributed by atoms with Gasteiger partial charge in [-0.2, -0.15) is 0 Å². The van der Waals surface area contributed by atoms with Crippen LogP contribution in [-0.2, 0) is 22.8 Å². The number of hydrogen-bond acceptors (Lipinski definition) is 5. The predicted octanol–water partition coefficient (Wildman–Crippen LogP) is 1.84. The minimum absolute atomic E-state index is 0.109. The quantitative estimate of drug-likeness (QED) is 0.470. The van der Waals surface area contributed by atoms with E-state index in [1.807, 2.05) is 13.8 Å². The van der Waals surface area contributed by atoms with Gasteiger partial charge in [0.05, 0.1) is 12.5 Å². The standard InChI is InChI=1S/C11H24O5Si/c1-6-10(11(12)16-7-2)8-9-17(13-3,14-4)15-5/h10H,6-9H2,1-5H3. The maximum absolute atomic E-state index is 11.6. The molecule has 0 rings (SSSR count). The smallest absolute Gasteiger partial charge is 0.466 e. The molecule has 0 fully saturated rings. The lowest BCUT2D eigenvalue weighted by Crippen LogP contribution is -2.43. The molecular formula is C11H24O5Si. The molecule has 6 heteroatoms. The average Bonchev–Trinajstić information content (AvgIpc) is 2.36. The van der Waals surface area contributed by atoms with E-state index in [2.05, 4.69) is 0 Å². The van der Waals surface area contributed by atoms with Crippen molar-refractivity contribution in [3.63, 3.8) is 0 Å². The van der Waals surface area contributed by atoms with Crippen LogP contribution in [0.3, 0.4) is 0 Å². The second kappa shape index (κ2) is 8.63. The van der Waals surface area contributed by atoms with Crippen LogP contribution < -0.4 is 0 Å². The van der Waals surface area contributed by atoms with E-state index in [0.29, 0.717) is 19.1 Å². The Hall–Kier alpha value is -0.433. The lowest BCUT2D eigenvalue weighted by atomic mass is 10.0. The van der Waals surface area contributed by atoms with E-state index < -0.39 is 8.80 Å². The molecule has 1 atom stereocenters. The summed E-state index contributed by atoms with van der Waals surface area (Å²) in [6.07, 6.45) is 1.41. The van der Waals surface area contributed by atoms with Crippen molar-refractivity contribution >= 4 is 14.8 Å². The predicted molar refractivity (Wildman–Crippen MR) is 66.6 cm³/mol. The topological polar surface area (TPSA) is 54.0 Å². The van der Waals surface area contributed by atoms with Gasteiger partial charge in [0, 0.05) is 27.4 Å². The first-order chi connectivity index (χ1) is 8.09. The van der Waals surface area contributed by atoms with Gasteiger partial charge >= 0.3 is 14.8 Å². The number of rotatable bonds is 9. The first-order valence-electron chi connectivity index (χ1n) is 5.91. The number of hydrogen-bond donors (Lipinski definition) is 0. The van der Waals surface area contributed by atoms with Crippen LogP contribution in [0.1, 0.15) is 26.7 Å². The largest absolute Gasteiger partial charge is 0.500 e. The number of carbonyl (C=O) groups excluding carboxylic acids is 1. The van der Waals surface area contributed by atoms with Crippen LogP contribution in [0.4, 0.5) is 0 Å². The van der Waals surface area contributed by atoms with Gasteiger partial charge in [-0.1, -0.05) is 6.92 Å². The highest BCUT2D eigenvalue weighted by Crippen LogP contribution is 2.21. The summed E-state index contributed by atoms with van der Waals surface area (Å²) in [6, 6.07) is 0.619. The maximum atomic E-state index is 11.6. The summed E-state index contributed by atoms with van der Waals surface area (Å²) in [5, 5.41) is 0. The summed E-state index contributed by atoms with van der Waals surface area (Å²) in [6.45, 7) is 4.19. The summed E-state index contributed by atoms with van der Waals surface area (Å²) in [4.78, 5) is 11.6. The summed E-state index contributed by atoms with van der Waals surface area (Å²) in [5.74, 6) is -0.261. The zero-order valence-corrected chi connectivity index (χ0v) is 12.4. The molecule has 0 spiro atoms. The Morgan fingerprint density at radius 1 is 1.12 bits per heavy atom. The van der Waals surface area contributed by atoms with Gasteiger partial charge in [0.1, 0.15) is 0 Å². The van der Waals surface area contributed by atoms with E-state index in [9.17, 15) is 4.79 Å². The molecule has 0 amide bonds. The molecule has 0 aliphatic heterocycles. The van der Waals surface area contributed by atoms with Crippen LogP contribution in [0.25, 0.3) is 0 Å². The lowest BCUT2D eigenvalue weighted by molar-refractivity contribution is -0.148. The Morgan fingerprint density at radius 2 is 1.65 bits per heavy atom. The summed E-state index contributed by atoms with van der Waals surface area (Å²) in [5.41, 5.74) is 0. The van der Waals surface area contributed by atoms with Crippen LogP contribution in [0.2, 0.25) is 6.04 Å². The fraction of sp³-hybridized carbons (Fsp3) is 0.909. The fourth-order valence-electron chi connectivity index (χ4n) is 1.66. The van der Waals surface area contributed by atoms with Gasteiger partial charge < -0.3 is 18.0 Å². The minimum Gasteiger partial charge on any atom is -0.466 e. The van der Waals surface area contributed by atoms with Crippen LogP contribution in [-0.4, -0.2) is 42.7 Å². The molecule has 0 bridgehead atoms. The monoisotopic (exact) mass is 264 g/mol. The average molecular weight is 264 g/mol. The molecule has 0 aromatic carbocycles. The Kier molecular flexibility index (Phi) is 8.41. The van der Waals surface area contributed by atoms with Crippen molar-refractivity contribution in [1.82, 2.24) is 0 Å². The van der Waals surface area contributed by atoms with Crippen molar-refractivity contribution in [1.29, 1.82) is 0 Å². The molecule has 0 radical (unpaired) electrons. The fourth-order valence-corrected chi connectivity index (χ4v) is 3.47. The first-order valence-corrected chi connectivity index (χ1v) is 7.84. The van der Waals surface area contributed by atoms with Crippen LogP contribution in [0.15, 0.2) is 0 Å². The summed E-state index contributed by atoms with van der Waals surface area (Å²) in [7, 11) is 2.15. The normalized spacial score (nSPS) is 13.5. The van der Waals surface area contributed by atoms with Crippen molar-refractivity contribution < 1.29 is 22.8 Å². The number of esters is 1.